The molecule has 0 amide bonds. The summed E-state index contributed by atoms with van der Waals surface area (Å²) in [5, 5.41) is 1.72. The molecular formula is C32H34N2O2. The molecule has 0 aliphatic carbocycles. The van der Waals surface area contributed by atoms with Crippen molar-refractivity contribution >= 4 is 22.2 Å². The molecule has 4 aromatic rings. The van der Waals surface area contributed by atoms with Crippen molar-refractivity contribution in [3.05, 3.63) is 94.4 Å². The van der Waals surface area contributed by atoms with Crippen molar-refractivity contribution in [2.24, 2.45) is 10.8 Å². The first-order valence-electron chi connectivity index (χ1n) is 12.6. The molecule has 5 rings (SSSR count). The van der Waals surface area contributed by atoms with E-state index in [0.29, 0.717) is 18.9 Å². The van der Waals surface area contributed by atoms with Crippen LogP contribution in [0.2, 0.25) is 0 Å². The summed E-state index contributed by atoms with van der Waals surface area (Å²) in [6.45, 7) is 13.6. The number of fused-ring (bicyclic) bond motifs is 1. The smallest absolute Gasteiger partial charge is 0.262 e. The third-order valence-corrected chi connectivity index (χ3v) is 7.49. The van der Waals surface area contributed by atoms with Crippen LogP contribution in [0.3, 0.4) is 0 Å². The number of Topliss-reactive ketones (excluding diaryl/α,β-unsaturated/α-hetero) is 1. The van der Waals surface area contributed by atoms with Crippen molar-refractivity contribution in [3.8, 4) is 16.8 Å². The van der Waals surface area contributed by atoms with Gasteiger partial charge in [0.1, 0.15) is 5.78 Å². The number of hydrogen-bond donors (Lipinski definition) is 0. The molecule has 1 aliphatic heterocycles. The van der Waals surface area contributed by atoms with Gasteiger partial charge >= 0.3 is 0 Å². The Balaban J connectivity index is 1.54. The van der Waals surface area contributed by atoms with Crippen LogP contribution in [0, 0.1) is 24.7 Å². The number of anilines is 1. The minimum absolute atomic E-state index is 0.0249. The largest absolute Gasteiger partial charge is 0.370 e. The van der Waals surface area contributed by atoms with Gasteiger partial charge in [0.25, 0.3) is 5.56 Å². The molecule has 1 saturated heterocycles. The van der Waals surface area contributed by atoms with Crippen LogP contribution in [-0.4, -0.2) is 23.4 Å². The zero-order chi connectivity index (χ0) is 25.8. The molecule has 4 heteroatoms. The predicted molar refractivity (Wildman–Crippen MR) is 149 cm³/mol. The molecule has 1 aromatic heterocycles. The Morgan fingerprint density at radius 3 is 1.92 bits per heavy atom. The molecule has 2 heterocycles. The third-order valence-electron chi connectivity index (χ3n) is 7.49. The molecule has 0 atom stereocenters. The van der Waals surface area contributed by atoms with Crippen LogP contribution >= 0.6 is 0 Å². The first kappa shape index (κ1) is 24.1. The number of benzene rings is 3. The van der Waals surface area contributed by atoms with Gasteiger partial charge in [-0.25, -0.2) is 0 Å². The second-order valence-corrected chi connectivity index (χ2v) is 11.6. The van der Waals surface area contributed by atoms with E-state index in [1.54, 1.807) is 4.57 Å². The number of pyridine rings is 1. The maximum atomic E-state index is 13.6. The lowest BCUT2D eigenvalue weighted by atomic mass is 9.69. The summed E-state index contributed by atoms with van der Waals surface area (Å²) in [6, 6.07) is 22.5. The average molecular weight is 479 g/mol. The van der Waals surface area contributed by atoms with Gasteiger partial charge in [0.2, 0.25) is 0 Å². The summed E-state index contributed by atoms with van der Waals surface area (Å²) >= 11 is 0. The standard InChI is InChI=1S/C32H34N2O2/c1-21-10-12-23(13-11-21)26-8-7-9-27-28(26)22(2)18-34(29(27)35)25-16-14-24(15-17-25)33-19-31(3,4)30(36)32(5,6)20-33/h7-18H,19-20H2,1-6H3. The summed E-state index contributed by atoms with van der Waals surface area (Å²) in [4.78, 5) is 28.7. The molecule has 0 bridgehead atoms. The SMILES string of the molecule is Cc1ccc(-c2cccc3c(=O)n(-c4ccc(N5CC(C)(C)C(=O)C(C)(C)C5)cc4)cc(C)c23)cc1. The number of carbonyl (C=O) groups is 1. The second-order valence-electron chi connectivity index (χ2n) is 11.6. The van der Waals surface area contributed by atoms with Gasteiger partial charge in [-0.1, -0.05) is 69.7 Å². The van der Waals surface area contributed by atoms with E-state index in [2.05, 4.69) is 61.2 Å². The molecule has 1 aliphatic rings. The van der Waals surface area contributed by atoms with E-state index in [0.717, 1.165) is 38.8 Å². The highest BCUT2D eigenvalue weighted by atomic mass is 16.1. The van der Waals surface area contributed by atoms with E-state index in [-0.39, 0.29) is 5.56 Å². The van der Waals surface area contributed by atoms with E-state index in [4.69, 9.17) is 0 Å². The quantitative estimate of drug-likeness (QED) is 0.328. The number of aromatic nitrogens is 1. The molecule has 0 saturated carbocycles. The molecule has 0 radical (unpaired) electrons. The number of aryl methyl sites for hydroxylation is 2. The monoisotopic (exact) mass is 478 g/mol. The molecule has 36 heavy (non-hydrogen) atoms. The van der Waals surface area contributed by atoms with Gasteiger partial charge in [0.15, 0.2) is 0 Å². The van der Waals surface area contributed by atoms with Crippen LogP contribution in [-0.2, 0) is 4.79 Å². The van der Waals surface area contributed by atoms with Gasteiger partial charge in [0.05, 0.1) is 0 Å². The highest BCUT2D eigenvalue weighted by molar-refractivity contribution is 5.98. The Kier molecular flexibility index (Phi) is 5.66. The second kappa shape index (κ2) is 8.48. The highest BCUT2D eigenvalue weighted by Gasteiger charge is 2.45. The van der Waals surface area contributed by atoms with Crippen LogP contribution in [0.1, 0.15) is 38.8 Å². The maximum absolute atomic E-state index is 13.6. The first-order chi connectivity index (χ1) is 17.0. The minimum atomic E-state index is -0.401. The summed E-state index contributed by atoms with van der Waals surface area (Å²) in [6.07, 6.45) is 1.95. The summed E-state index contributed by atoms with van der Waals surface area (Å²) in [7, 11) is 0. The predicted octanol–water partition coefficient (Wildman–Crippen LogP) is 6.72. The van der Waals surface area contributed by atoms with Gasteiger partial charge in [-0.3, -0.25) is 14.2 Å². The molecule has 184 valence electrons. The summed E-state index contributed by atoms with van der Waals surface area (Å²) in [5.41, 5.74) is 5.54. The Bertz CT molecular complexity index is 1500. The van der Waals surface area contributed by atoms with Crippen molar-refractivity contribution in [1.29, 1.82) is 0 Å². The topological polar surface area (TPSA) is 42.3 Å². The van der Waals surface area contributed by atoms with Crippen LogP contribution in [0.4, 0.5) is 5.69 Å². The number of nitrogens with zero attached hydrogens (tertiary/aromatic N) is 2. The third kappa shape index (κ3) is 4.05. The van der Waals surface area contributed by atoms with Gasteiger partial charge in [-0.05, 0) is 66.3 Å². The van der Waals surface area contributed by atoms with Crippen molar-refractivity contribution in [1.82, 2.24) is 4.57 Å². The molecule has 4 nitrogen and oxygen atoms in total. The number of hydrogen-bond acceptors (Lipinski definition) is 3. The van der Waals surface area contributed by atoms with Gasteiger partial charge < -0.3 is 4.90 Å². The highest BCUT2D eigenvalue weighted by Crippen LogP contribution is 2.38. The van der Waals surface area contributed by atoms with E-state index in [9.17, 15) is 9.59 Å². The van der Waals surface area contributed by atoms with Crippen LogP contribution in [0.5, 0.6) is 0 Å². The van der Waals surface area contributed by atoms with Crippen molar-refractivity contribution in [2.75, 3.05) is 18.0 Å². The number of piperidine rings is 1. The lowest BCUT2D eigenvalue weighted by Gasteiger charge is -2.46. The minimum Gasteiger partial charge on any atom is -0.370 e. The number of ketones is 1. The number of rotatable bonds is 3. The molecule has 0 spiro atoms. The Hall–Kier alpha value is -3.66. The molecule has 1 fully saturated rings. The van der Waals surface area contributed by atoms with E-state index in [1.165, 1.54) is 5.56 Å². The molecule has 3 aromatic carbocycles. The zero-order valence-electron chi connectivity index (χ0n) is 22.1. The normalized spacial score (nSPS) is 16.9. The van der Waals surface area contributed by atoms with Crippen molar-refractivity contribution in [3.63, 3.8) is 0 Å². The van der Waals surface area contributed by atoms with Gasteiger partial charge in [-0.15, -0.1) is 0 Å². The van der Waals surface area contributed by atoms with E-state index < -0.39 is 10.8 Å². The fourth-order valence-corrected chi connectivity index (χ4v) is 5.84. The van der Waals surface area contributed by atoms with Crippen molar-refractivity contribution < 1.29 is 4.79 Å². The molecule has 0 unspecified atom stereocenters. The lowest BCUT2D eigenvalue weighted by Crippen LogP contribution is -2.55. The Morgan fingerprint density at radius 2 is 1.31 bits per heavy atom. The van der Waals surface area contributed by atoms with Gasteiger partial charge in [-0.2, -0.15) is 0 Å². The van der Waals surface area contributed by atoms with Crippen molar-refractivity contribution in [2.45, 2.75) is 41.5 Å². The first-order valence-corrected chi connectivity index (χ1v) is 12.6. The maximum Gasteiger partial charge on any atom is 0.262 e. The lowest BCUT2D eigenvalue weighted by molar-refractivity contribution is -0.137. The van der Waals surface area contributed by atoms with Crippen LogP contribution < -0.4 is 10.5 Å². The molecular weight excluding hydrogens is 444 g/mol. The Labute approximate surface area is 213 Å². The average Bonchev–Trinajstić information content (AvgIpc) is 2.84. The Morgan fingerprint density at radius 1 is 0.722 bits per heavy atom. The molecule has 0 N–H and O–H groups in total. The number of carbonyl (C=O) groups excluding carboxylic acids is 1. The van der Waals surface area contributed by atoms with E-state index in [1.807, 2.05) is 58.2 Å². The zero-order valence-corrected chi connectivity index (χ0v) is 22.1. The fraction of sp³-hybridized carbons (Fsp3) is 0.312. The summed E-state index contributed by atoms with van der Waals surface area (Å²) in [5.74, 6) is 0.311. The van der Waals surface area contributed by atoms with E-state index >= 15 is 0 Å². The fourth-order valence-electron chi connectivity index (χ4n) is 5.84. The van der Waals surface area contributed by atoms with Crippen LogP contribution in [0.15, 0.2) is 77.7 Å². The summed E-state index contributed by atoms with van der Waals surface area (Å²) < 4.78 is 1.74. The van der Waals surface area contributed by atoms with Gasteiger partial charge in [0, 0.05) is 46.9 Å². The van der Waals surface area contributed by atoms with Crippen LogP contribution in [0.25, 0.3) is 27.6 Å².